The van der Waals surface area contributed by atoms with Gasteiger partial charge >= 0.3 is 0 Å². The van der Waals surface area contributed by atoms with Crippen molar-refractivity contribution in [3.8, 4) is 5.75 Å². The fraction of sp³-hybridized carbons (Fsp3) is 0.467. The lowest BCUT2D eigenvalue weighted by Gasteiger charge is -2.28. The molecule has 0 bridgehead atoms. The highest BCUT2D eigenvalue weighted by Gasteiger charge is 2.46. The number of ketones is 1. The molecule has 36 heavy (non-hydrogen) atoms. The number of carbonyl (C=O) groups excluding carboxylic acids is 2. The molecular weight excluding hydrogens is 452 g/mol. The highest BCUT2D eigenvalue weighted by Crippen LogP contribution is 2.40. The van der Waals surface area contributed by atoms with Crippen molar-refractivity contribution in [2.75, 3.05) is 32.8 Å². The van der Waals surface area contributed by atoms with E-state index in [4.69, 9.17) is 4.74 Å². The minimum atomic E-state index is -0.642. The Hall–Kier alpha value is -3.12. The molecular formula is C30H40N2O4. The molecule has 6 nitrogen and oxygen atoms in total. The van der Waals surface area contributed by atoms with Gasteiger partial charge in [0.2, 0.25) is 0 Å². The van der Waals surface area contributed by atoms with Crippen LogP contribution in [-0.4, -0.2) is 59.4 Å². The quantitative estimate of drug-likeness (QED) is 0.260. The van der Waals surface area contributed by atoms with Gasteiger partial charge in [-0.1, -0.05) is 58.9 Å². The van der Waals surface area contributed by atoms with E-state index in [2.05, 4.69) is 39.5 Å². The Morgan fingerprint density at radius 2 is 1.72 bits per heavy atom. The first kappa shape index (κ1) is 27.5. The lowest BCUT2D eigenvalue weighted by Crippen LogP contribution is -2.38. The summed E-state index contributed by atoms with van der Waals surface area (Å²) < 4.78 is 5.82. The van der Waals surface area contributed by atoms with Crippen LogP contribution in [-0.2, 0) is 16.0 Å². The number of aliphatic hydroxyl groups excluding tert-OH is 1. The molecule has 1 atom stereocenters. The van der Waals surface area contributed by atoms with Crippen molar-refractivity contribution in [3.05, 3.63) is 70.3 Å². The first-order valence-corrected chi connectivity index (χ1v) is 13.0. The Morgan fingerprint density at radius 3 is 2.28 bits per heavy atom. The average Bonchev–Trinajstić information content (AvgIpc) is 3.12. The zero-order valence-electron chi connectivity index (χ0n) is 22.5. The number of likely N-dealkylation sites (tertiary alicyclic amines) is 1. The molecule has 0 spiro atoms. The summed E-state index contributed by atoms with van der Waals surface area (Å²) in [6.45, 7) is 15.7. The van der Waals surface area contributed by atoms with Crippen LogP contribution in [0.25, 0.3) is 5.76 Å². The van der Waals surface area contributed by atoms with Crippen LogP contribution in [0.2, 0.25) is 0 Å². The number of nitrogens with zero attached hydrogens (tertiary/aromatic N) is 2. The van der Waals surface area contributed by atoms with Crippen molar-refractivity contribution in [1.82, 2.24) is 9.80 Å². The van der Waals surface area contributed by atoms with Crippen molar-refractivity contribution in [2.24, 2.45) is 5.92 Å². The smallest absolute Gasteiger partial charge is 0.295 e. The maximum absolute atomic E-state index is 13.3. The molecule has 1 fully saturated rings. The number of likely N-dealkylation sites (N-methyl/N-ethyl adjacent to an activating group) is 1. The summed E-state index contributed by atoms with van der Waals surface area (Å²) in [4.78, 5) is 30.4. The Morgan fingerprint density at radius 1 is 1.06 bits per heavy atom. The van der Waals surface area contributed by atoms with Crippen LogP contribution in [0, 0.1) is 12.8 Å². The molecule has 0 saturated carbocycles. The maximum Gasteiger partial charge on any atom is 0.295 e. The molecule has 0 aromatic heterocycles. The summed E-state index contributed by atoms with van der Waals surface area (Å²) in [5, 5.41) is 11.4. The van der Waals surface area contributed by atoms with Crippen molar-refractivity contribution >= 4 is 17.4 Å². The molecule has 2 aromatic rings. The summed E-state index contributed by atoms with van der Waals surface area (Å²) in [5.74, 6) is -0.246. The summed E-state index contributed by atoms with van der Waals surface area (Å²) in [5.41, 5.74) is 3.45. The number of aliphatic hydroxyl groups is 1. The predicted molar refractivity (Wildman–Crippen MR) is 144 cm³/mol. The SMILES string of the molecule is CCc1ccc([C@H]2/C(=C(\O)c3ccc(OCC(C)C)cc3C)C(=O)C(=O)N2CCN(CC)CC)cc1. The molecule has 1 aliphatic rings. The van der Waals surface area contributed by atoms with Crippen molar-refractivity contribution in [3.63, 3.8) is 0 Å². The first-order valence-electron chi connectivity index (χ1n) is 13.0. The molecule has 3 rings (SSSR count). The fourth-order valence-corrected chi connectivity index (χ4v) is 4.58. The normalized spacial score (nSPS) is 17.4. The van der Waals surface area contributed by atoms with Crippen LogP contribution in [0.15, 0.2) is 48.0 Å². The summed E-state index contributed by atoms with van der Waals surface area (Å²) >= 11 is 0. The monoisotopic (exact) mass is 492 g/mol. The molecule has 2 aromatic carbocycles. The van der Waals surface area contributed by atoms with Gasteiger partial charge in [0, 0.05) is 18.7 Å². The van der Waals surface area contributed by atoms with Crippen molar-refractivity contribution in [2.45, 2.75) is 54.0 Å². The van der Waals surface area contributed by atoms with E-state index in [1.807, 2.05) is 37.3 Å². The number of carbonyl (C=O) groups is 2. The van der Waals surface area contributed by atoms with Crippen LogP contribution in [0.5, 0.6) is 5.75 Å². The number of aryl methyl sites for hydroxylation is 2. The lowest BCUT2D eigenvalue weighted by molar-refractivity contribution is -0.140. The van der Waals surface area contributed by atoms with E-state index in [-0.39, 0.29) is 11.3 Å². The van der Waals surface area contributed by atoms with Gasteiger partial charge < -0.3 is 19.6 Å². The van der Waals surface area contributed by atoms with E-state index in [1.54, 1.807) is 17.0 Å². The minimum Gasteiger partial charge on any atom is -0.507 e. The van der Waals surface area contributed by atoms with E-state index < -0.39 is 17.7 Å². The molecule has 1 aliphatic heterocycles. The second kappa shape index (κ2) is 12.2. The fourth-order valence-electron chi connectivity index (χ4n) is 4.58. The van der Waals surface area contributed by atoms with Gasteiger partial charge in [-0.15, -0.1) is 0 Å². The Balaban J connectivity index is 2.06. The van der Waals surface area contributed by atoms with E-state index in [9.17, 15) is 14.7 Å². The van der Waals surface area contributed by atoms with Gasteiger partial charge in [0.25, 0.3) is 11.7 Å². The van der Waals surface area contributed by atoms with Gasteiger partial charge in [0.05, 0.1) is 18.2 Å². The number of hydrogen-bond acceptors (Lipinski definition) is 5. The van der Waals surface area contributed by atoms with Crippen LogP contribution >= 0.6 is 0 Å². The van der Waals surface area contributed by atoms with Crippen LogP contribution in [0.3, 0.4) is 0 Å². The third-order valence-corrected chi connectivity index (χ3v) is 6.83. The summed E-state index contributed by atoms with van der Waals surface area (Å²) in [7, 11) is 0. The van der Waals surface area contributed by atoms with E-state index >= 15 is 0 Å². The molecule has 1 heterocycles. The zero-order chi connectivity index (χ0) is 26.4. The number of Topliss-reactive ketones (excluding diaryl/α,β-unsaturated/α-hetero) is 1. The van der Waals surface area contributed by atoms with Crippen LogP contribution in [0.1, 0.15) is 62.9 Å². The summed E-state index contributed by atoms with van der Waals surface area (Å²) in [6, 6.07) is 12.7. The van der Waals surface area contributed by atoms with Crippen LogP contribution in [0.4, 0.5) is 0 Å². The molecule has 1 amide bonds. The topological polar surface area (TPSA) is 70.1 Å². The third kappa shape index (κ3) is 5.98. The van der Waals surface area contributed by atoms with Crippen LogP contribution < -0.4 is 4.74 Å². The van der Waals surface area contributed by atoms with E-state index in [0.717, 1.165) is 30.6 Å². The van der Waals surface area contributed by atoms with Gasteiger partial charge in [0.15, 0.2) is 0 Å². The highest BCUT2D eigenvalue weighted by molar-refractivity contribution is 6.46. The van der Waals surface area contributed by atoms with Gasteiger partial charge in [-0.3, -0.25) is 9.59 Å². The molecule has 1 N–H and O–H groups in total. The molecule has 0 unspecified atom stereocenters. The number of benzene rings is 2. The van der Waals surface area contributed by atoms with E-state index in [1.165, 1.54) is 5.56 Å². The minimum absolute atomic E-state index is 0.141. The van der Waals surface area contributed by atoms with E-state index in [0.29, 0.717) is 36.9 Å². The Bertz CT molecular complexity index is 1100. The van der Waals surface area contributed by atoms with Gasteiger partial charge in [0.1, 0.15) is 11.5 Å². The summed E-state index contributed by atoms with van der Waals surface area (Å²) in [6.07, 6.45) is 0.896. The Kier molecular flexibility index (Phi) is 9.32. The molecule has 194 valence electrons. The zero-order valence-corrected chi connectivity index (χ0v) is 22.5. The van der Waals surface area contributed by atoms with Gasteiger partial charge in [-0.25, -0.2) is 0 Å². The number of ether oxygens (including phenoxy) is 1. The Labute approximate surface area is 215 Å². The largest absolute Gasteiger partial charge is 0.507 e. The van der Waals surface area contributed by atoms with Crippen molar-refractivity contribution in [1.29, 1.82) is 0 Å². The standard InChI is InChI=1S/C30H40N2O4/c1-7-22-10-12-23(13-11-22)27-26(29(34)30(35)32(27)17-16-31(8-2)9-3)28(33)25-15-14-24(18-21(25)6)36-19-20(4)5/h10-15,18,20,27,33H,7-9,16-17,19H2,1-6H3/b28-26+/t27-/m0/s1. The molecule has 1 saturated heterocycles. The molecule has 0 radical (unpaired) electrons. The highest BCUT2D eigenvalue weighted by atomic mass is 16.5. The number of hydrogen-bond donors (Lipinski definition) is 1. The average molecular weight is 493 g/mol. The number of amides is 1. The lowest BCUT2D eigenvalue weighted by atomic mass is 9.93. The second-order valence-corrected chi connectivity index (χ2v) is 9.80. The molecule has 6 heteroatoms. The number of rotatable bonds is 11. The maximum atomic E-state index is 13.3. The predicted octanol–water partition coefficient (Wildman–Crippen LogP) is 5.36. The van der Waals surface area contributed by atoms with Gasteiger partial charge in [-0.05, 0) is 67.2 Å². The third-order valence-electron chi connectivity index (χ3n) is 6.83. The van der Waals surface area contributed by atoms with Gasteiger partial charge in [-0.2, -0.15) is 0 Å². The molecule has 0 aliphatic carbocycles. The van der Waals surface area contributed by atoms with Crippen molar-refractivity contribution < 1.29 is 19.4 Å². The second-order valence-electron chi connectivity index (χ2n) is 9.80. The first-order chi connectivity index (χ1) is 17.2.